The van der Waals surface area contributed by atoms with Crippen molar-refractivity contribution >= 4 is 8.25 Å². The molecule has 0 saturated carbocycles. The quantitative estimate of drug-likeness (QED) is 0.313. The number of hydrogen-bond acceptors (Lipinski definition) is 3. The fourth-order valence-electron chi connectivity index (χ4n) is 0. The van der Waals surface area contributed by atoms with E-state index in [2.05, 4.69) is 0 Å². The van der Waals surface area contributed by atoms with Gasteiger partial charge in [0.05, 0.1) is 0 Å². The molecule has 8 heteroatoms. The van der Waals surface area contributed by atoms with Crippen LogP contribution in [-0.2, 0) is 4.57 Å². The third kappa shape index (κ3) is 91.9. The van der Waals surface area contributed by atoms with Gasteiger partial charge >= 0.3 is 67.4 Å². The number of rotatable bonds is 1. The maximum Gasteiger partial charge on any atom is 1.00 e. The van der Waals surface area contributed by atoms with Crippen molar-refractivity contribution in [2.45, 2.75) is 0 Å². The van der Waals surface area contributed by atoms with Gasteiger partial charge in [0, 0.05) is 4.57 Å². The van der Waals surface area contributed by atoms with Crippen LogP contribution in [0.25, 0.3) is 0 Å². The zero-order valence-electron chi connectivity index (χ0n) is 5.98. The van der Waals surface area contributed by atoms with E-state index in [-0.39, 0.29) is 59.1 Å². The van der Waals surface area contributed by atoms with Crippen molar-refractivity contribution in [1.82, 2.24) is 0 Å². The van der Waals surface area contributed by atoms with Crippen molar-refractivity contribution in [3.63, 3.8) is 0 Å². The van der Waals surface area contributed by atoms with Gasteiger partial charge in [-0.05, 0) is 0 Å². The monoisotopic (exact) mass is 187 g/mol. The second kappa shape index (κ2) is 22.4. The molecule has 50 valence electrons. The molecule has 10 heavy (non-hydrogen) atoms. The first-order valence-electron chi connectivity index (χ1n) is 1.66. The Hall–Kier alpha value is 1.94. The van der Waals surface area contributed by atoms with E-state index in [0.29, 0.717) is 0 Å². The Bertz CT molecular complexity index is 55.6. The van der Waals surface area contributed by atoms with Gasteiger partial charge in [-0.3, -0.25) is 0 Å². The first kappa shape index (κ1) is 22.7. The fourth-order valence-corrected chi connectivity index (χ4v) is 0. The average Bonchev–Trinajstić information content (AvgIpc) is 1.65. The van der Waals surface area contributed by atoms with Gasteiger partial charge in [-0.15, -0.1) is 9.79 Å². The second-order valence-electron chi connectivity index (χ2n) is 0.661. The Morgan fingerprint density at radius 1 is 1.10 bits per heavy atom. The molecule has 2 N–H and O–H groups in total. The molecule has 0 heterocycles. The van der Waals surface area contributed by atoms with Gasteiger partial charge in [0.1, 0.15) is 0 Å². The van der Waals surface area contributed by atoms with Crippen LogP contribution in [0, 0.1) is 0 Å². The van der Waals surface area contributed by atoms with E-state index in [1.807, 2.05) is 0 Å². The van der Waals surface area contributed by atoms with Crippen LogP contribution in [0.4, 0.5) is 0 Å². The molecule has 0 atom stereocenters. The second-order valence-corrected chi connectivity index (χ2v) is 1.17. The van der Waals surface area contributed by atoms with Gasteiger partial charge < -0.3 is 10.2 Å². The van der Waals surface area contributed by atoms with E-state index in [1.54, 1.807) is 0 Å². The van der Waals surface area contributed by atoms with Gasteiger partial charge in [-0.1, -0.05) is 0 Å². The molecule has 0 rings (SSSR count). The maximum atomic E-state index is 8.99. The van der Waals surface area contributed by atoms with Gasteiger partial charge in [0.2, 0.25) is 0 Å². The Kier molecular flexibility index (Phi) is 50.9. The molecule has 0 saturated heterocycles. The smallest absolute Gasteiger partial charge is 0.855 e. The average molecular weight is 187 g/mol. The minimum Gasteiger partial charge on any atom is -0.855 e. The first-order chi connectivity index (χ1) is 3.65. The van der Waals surface area contributed by atoms with Crippen LogP contribution in [0.5, 0.6) is 0 Å². The summed E-state index contributed by atoms with van der Waals surface area (Å²) in [5.74, 6) is 0. The van der Waals surface area contributed by atoms with E-state index in [4.69, 9.17) is 24.6 Å². The zero-order chi connectivity index (χ0) is 6.99. The number of hydrogen-bond donors (Lipinski definition) is 2. The van der Waals surface area contributed by atoms with Crippen molar-refractivity contribution in [3.05, 3.63) is 0 Å². The molecule has 0 radical (unpaired) electrons. The Morgan fingerprint density at radius 2 is 1.20 bits per heavy atom. The summed E-state index contributed by atoms with van der Waals surface area (Å²) in [7, 11) is -2.87. The third-order valence-electron chi connectivity index (χ3n) is 0.0833. The van der Waals surface area contributed by atoms with Crippen LogP contribution in [0.3, 0.4) is 0 Å². The summed E-state index contributed by atoms with van der Waals surface area (Å²) in [6.07, 6.45) is 0. The summed E-state index contributed by atoms with van der Waals surface area (Å²) in [6, 6.07) is 0. The predicted octanol–water partition coefficient (Wildman–Crippen LogP) is -8.66. The summed E-state index contributed by atoms with van der Waals surface area (Å²) < 4.78 is 8.70. The summed E-state index contributed by atoms with van der Waals surface area (Å²) >= 11 is 0. The van der Waals surface area contributed by atoms with Crippen molar-refractivity contribution in [3.8, 4) is 0 Å². The molecule has 0 unspecified atom stereocenters. The summed E-state index contributed by atoms with van der Waals surface area (Å²) in [4.78, 5) is 14.2. The topological polar surface area (TPSA) is 104 Å². The largest absolute Gasteiger partial charge is 1.00 e. The molecule has 0 aliphatic rings. The predicted molar refractivity (Wildman–Crippen MR) is 21.8 cm³/mol. The van der Waals surface area contributed by atoms with Crippen LogP contribution >= 0.6 is 8.25 Å². The molecule has 0 aromatic carbocycles. The Balaban J connectivity index is -0.0000000300. The van der Waals surface area contributed by atoms with Crippen LogP contribution in [0.2, 0.25) is 0 Å². The van der Waals surface area contributed by atoms with E-state index in [9.17, 15) is 0 Å². The molecule has 0 aromatic heterocycles. The van der Waals surface area contributed by atoms with Crippen molar-refractivity contribution in [1.29, 1.82) is 0 Å². The maximum absolute atomic E-state index is 8.99. The van der Waals surface area contributed by atoms with Gasteiger partial charge in [-0.2, -0.15) is 13.2 Å². The molecule has 5 nitrogen and oxygen atoms in total. The van der Waals surface area contributed by atoms with Crippen molar-refractivity contribution < 1.29 is 83.7 Å². The van der Waals surface area contributed by atoms with Gasteiger partial charge in [-0.25, -0.2) is 0 Å². The standard InChI is InChI=1S/C2H4O2.2Na.HO3P/c3-1-2-4;;;1-4(2)3/h1-2H2;;;(H-,1,2,3)/q-2;2*+1;/p+1. The van der Waals surface area contributed by atoms with Crippen LogP contribution in [-0.4, -0.2) is 23.0 Å². The normalized spacial score (nSPS) is 5.60. The molecular formula is C2H6Na2O5P+. The van der Waals surface area contributed by atoms with Crippen molar-refractivity contribution in [2.75, 3.05) is 13.2 Å². The van der Waals surface area contributed by atoms with Crippen LogP contribution < -0.4 is 69.3 Å². The molecule has 0 aliphatic carbocycles. The SMILES string of the molecule is O=[P+](O)O.[Na+].[Na+].[O-]CC[O-]. The molecule has 0 aliphatic heterocycles. The zero-order valence-corrected chi connectivity index (χ0v) is 10.9. The minimum absolute atomic E-state index is 0. The van der Waals surface area contributed by atoms with E-state index in [1.165, 1.54) is 0 Å². The fraction of sp³-hybridized carbons (Fsp3) is 1.00. The van der Waals surface area contributed by atoms with Crippen LogP contribution in [0.15, 0.2) is 0 Å². The first-order valence-corrected chi connectivity index (χ1v) is 2.83. The van der Waals surface area contributed by atoms with E-state index < -0.39 is 21.5 Å². The van der Waals surface area contributed by atoms with Gasteiger partial charge in [0.25, 0.3) is 0 Å². The van der Waals surface area contributed by atoms with E-state index in [0.717, 1.165) is 0 Å². The molecule has 0 fully saturated rings. The van der Waals surface area contributed by atoms with Gasteiger partial charge in [0.15, 0.2) is 0 Å². The molecule has 0 bridgehead atoms. The minimum atomic E-state index is -2.87. The molecule has 0 spiro atoms. The molecular weight excluding hydrogens is 181 g/mol. The summed E-state index contributed by atoms with van der Waals surface area (Å²) in [6.45, 7) is -0.972. The molecule has 0 aromatic rings. The molecule has 0 amide bonds. The Morgan fingerprint density at radius 3 is 1.20 bits per heavy atom. The summed E-state index contributed by atoms with van der Waals surface area (Å²) in [5, 5.41) is 18.0. The Labute approximate surface area is 104 Å². The van der Waals surface area contributed by atoms with Crippen molar-refractivity contribution in [2.24, 2.45) is 0 Å². The van der Waals surface area contributed by atoms with Crippen LogP contribution in [0.1, 0.15) is 0 Å². The summed E-state index contributed by atoms with van der Waals surface area (Å²) in [5.41, 5.74) is 0. The third-order valence-corrected chi connectivity index (χ3v) is 0.0833. The van der Waals surface area contributed by atoms with E-state index >= 15 is 0 Å².